The summed E-state index contributed by atoms with van der Waals surface area (Å²) in [7, 11) is 0. The Hall–Kier alpha value is -2.33. The average molecular weight is 392 g/mol. The molecule has 4 rings (SSSR count). The molecule has 3 aromatic rings. The van der Waals surface area contributed by atoms with Gasteiger partial charge in [-0.2, -0.15) is 0 Å². The van der Waals surface area contributed by atoms with Crippen LogP contribution in [0.15, 0.2) is 54.7 Å². The van der Waals surface area contributed by atoms with Crippen LogP contribution in [0, 0.1) is 6.92 Å². The van der Waals surface area contributed by atoms with Crippen molar-refractivity contribution in [2.75, 3.05) is 5.32 Å². The molecule has 1 aliphatic carbocycles. The Labute approximate surface area is 173 Å². The molecule has 2 N–H and O–H groups in total. The highest BCUT2D eigenvalue weighted by Crippen LogP contribution is 2.27. The minimum absolute atomic E-state index is 0.501. The molecule has 146 valence electrons. The van der Waals surface area contributed by atoms with Gasteiger partial charge in [0.2, 0.25) is 0 Å². The number of thiocarbonyl (C=S) groups is 1. The summed E-state index contributed by atoms with van der Waals surface area (Å²) in [5.74, 6) is 0. The van der Waals surface area contributed by atoms with Crippen molar-refractivity contribution in [3.05, 3.63) is 65.9 Å². The van der Waals surface area contributed by atoms with Crippen molar-refractivity contribution in [2.45, 2.75) is 58.0 Å². The average Bonchev–Trinajstić information content (AvgIpc) is 2.91. The molecule has 1 heterocycles. The molecule has 4 heteroatoms. The number of nitrogens with one attached hydrogen (secondary N) is 2. The summed E-state index contributed by atoms with van der Waals surface area (Å²) in [5, 5.41) is 5.64. The number of aryl methyl sites for hydroxylation is 1. The first-order valence-electron chi connectivity index (χ1n) is 10.4. The predicted octanol–water partition coefficient (Wildman–Crippen LogP) is 6.40. The summed E-state index contributed by atoms with van der Waals surface area (Å²) in [4.78, 5) is 5.84. The number of H-pyrrole nitrogens is 1. The van der Waals surface area contributed by atoms with E-state index in [0.29, 0.717) is 6.04 Å². The third kappa shape index (κ3) is 4.39. The Bertz CT molecular complexity index is 938. The number of hydrogen-bond acceptors (Lipinski definition) is 1. The van der Waals surface area contributed by atoms with E-state index in [4.69, 9.17) is 12.2 Å². The second kappa shape index (κ2) is 8.78. The molecular formula is C24H29N3S. The van der Waals surface area contributed by atoms with E-state index in [-0.39, 0.29) is 0 Å². The lowest BCUT2D eigenvalue weighted by molar-refractivity contribution is 0.281. The van der Waals surface area contributed by atoms with Crippen LogP contribution in [0.25, 0.3) is 10.9 Å². The molecule has 28 heavy (non-hydrogen) atoms. The zero-order valence-electron chi connectivity index (χ0n) is 16.6. The maximum Gasteiger partial charge on any atom is 0.173 e. The fourth-order valence-electron chi connectivity index (χ4n) is 4.30. The van der Waals surface area contributed by atoms with Crippen molar-refractivity contribution in [1.82, 2.24) is 9.88 Å². The van der Waals surface area contributed by atoms with Crippen LogP contribution in [-0.2, 0) is 6.54 Å². The normalized spacial score (nSPS) is 15.3. The molecule has 0 bridgehead atoms. The summed E-state index contributed by atoms with van der Waals surface area (Å²) in [6.45, 7) is 2.95. The zero-order valence-corrected chi connectivity index (χ0v) is 17.4. The van der Waals surface area contributed by atoms with Crippen LogP contribution >= 0.6 is 12.2 Å². The second-order valence-corrected chi connectivity index (χ2v) is 8.32. The molecule has 0 unspecified atom stereocenters. The van der Waals surface area contributed by atoms with Gasteiger partial charge in [0.05, 0.1) is 0 Å². The van der Waals surface area contributed by atoms with E-state index >= 15 is 0 Å². The van der Waals surface area contributed by atoms with Crippen molar-refractivity contribution in [3.8, 4) is 0 Å². The molecule has 1 fully saturated rings. The Morgan fingerprint density at radius 3 is 2.64 bits per heavy atom. The van der Waals surface area contributed by atoms with Crippen LogP contribution in [0.3, 0.4) is 0 Å². The van der Waals surface area contributed by atoms with Crippen LogP contribution in [-0.4, -0.2) is 21.0 Å². The van der Waals surface area contributed by atoms with E-state index in [1.165, 1.54) is 60.6 Å². The number of anilines is 1. The van der Waals surface area contributed by atoms with E-state index in [1.54, 1.807) is 0 Å². The van der Waals surface area contributed by atoms with Crippen molar-refractivity contribution < 1.29 is 0 Å². The van der Waals surface area contributed by atoms with Gasteiger partial charge in [-0.15, -0.1) is 0 Å². The van der Waals surface area contributed by atoms with Gasteiger partial charge in [-0.05, 0) is 61.3 Å². The number of fused-ring (bicyclic) bond motifs is 1. The van der Waals surface area contributed by atoms with Gasteiger partial charge >= 0.3 is 0 Å². The number of aromatic nitrogens is 1. The molecule has 0 amide bonds. The van der Waals surface area contributed by atoms with Crippen LogP contribution in [0.2, 0.25) is 0 Å². The maximum atomic E-state index is 5.93. The lowest BCUT2D eigenvalue weighted by Gasteiger charge is -2.34. The summed E-state index contributed by atoms with van der Waals surface area (Å²) in [6.07, 6.45) is 9.86. The summed E-state index contributed by atoms with van der Waals surface area (Å²) in [6, 6.07) is 17.5. The van der Waals surface area contributed by atoms with E-state index < -0.39 is 0 Å². The van der Waals surface area contributed by atoms with Gasteiger partial charge in [0.1, 0.15) is 0 Å². The minimum atomic E-state index is 0.501. The Morgan fingerprint density at radius 2 is 1.86 bits per heavy atom. The minimum Gasteiger partial charge on any atom is -0.361 e. The molecule has 0 spiro atoms. The zero-order chi connectivity index (χ0) is 19.3. The third-order valence-electron chi connectivity index (χ3n) is 5.81. The standard InChI is InChI=1S/C24H29N3S/c1-18-9-8-10-20(15-18)26-24(28)27(21-11-4-2-3-5-12-21)17-19-16-25-23-14-7-6-13-22(19)23/h6-10,13-16,21,25H,2-5,11-12,17H2,1H3,(H,26,28). The molecule has 0 saturated heterocycles. The van der Waals surface area contributed by atoms with Crippen molar-refractivity contribution >= 4 is 33.9 Å². The lowest BCUT2D eigenvalue weighted by Crippen LogP contribution is -2.42. The smallest absolute Gasteiger partial charge is 0.173 e. The van der Waals surface area contributed by atoms with E-state index in [0.717, 1.165) is 17.3 Å². The van der Waals surface area contributed by atoms with E-state index in [9.17, 15) is 0 Å². The van der Waals surface area contributed by atoms with Gasteiger partial charge in [-0.3, -0.25) is 0 Å². The van der Waals surface area contributed by atoms with Crippen molar-refractivity contribution in [2.24, 2.45) is 0 Å². The number of nitrogens with zero attached hydrogens (tertiary/aromatic N) is 1. The van der Waals surface area contributed by atoms with Gasteiger partial charge in [0, 0.05) is 35.4 Å². The summed E-state index contributed by atoms with van der Waals surface area (Å²) in [5.41, 5.74) is 4.82. The van der Waals surface area contributed by atoms with Gasteiger partial charge < -0.3 is 15.2 Å². The topological polar surface area (TPSA) is 31.1 Å². The number of para-hydroxylation sites is 1. The number of benzene rings is 2. The fraction of sp³-hybridized carbons (Fsp3) is 0.375. The maximum absolute atomic E-state index is 5.93. The highest BCUT2D eigenvalue weighted by Gasteiger charge is 2.23. The Morgan fingerprint density at radius 1 is 1.07 bits per heavy atom. The Kier molecular flexibility index (Phi) is 5.96. The van der Waals surface area contributed by atoms with Crippen LogP contribution in [0.5, 0.6) is 0 Å². The largest absolute Gasteiger partial charge is 0.361 e. The van der Waals surface area contributed by atoms with Crippen molar-refractivity contribution in [3.63, 3.8) is 0 Å². The van der Waals surface area contributed by atoms with Crippen LogP contribution < -0.4 is 5.32 Å². The van der Waals surface area contributed by atoms with Crippen LogP contribution in [0.4, 0.5) is 5.69 Å². The van der Waals surface area contributed by atoms with E-state index in [2.05, 4.69) is 76.9 Å². The first-order valence-corrected chi connectivity index (χ1v) is 10.8. The van der Waals surface area contributed by atoms with Crippen molar-refractivity contribution in [1.29, 1.82) is 0 Å². The Balaban J connectivity index is 1.60. The summed E-state index contributed by atoms with van der Waals surface area (Å²) < 4.78 is 0. The molecule has 2 aromatic carbocycles. The number of aromatic amines is 1. The quantitative estimate of drug-likeness (QED) is 0.399. The first kappa shape index (κ1) is 19.0. The highest BCUT2D eigenvalue weighted by atomic mass is 32.1. The number of rotatable bonds is 4. The predicted molar refractivity (Wildman–Crippen MR) is 123 cm³/mol. The first-order chi connectivity index (χ1) is 13.7. The van der Waals surface area contributed by atoms with E-state index in [1.807, 2.05) is 0 Å². The highest BCUT2D eigenvalue weighted by molar-refractivity contribution is 7.80. The molecule has 1 aliphatic rings. The van der Waals surface area contributed by atoms with Gasteiger partial charge in [0.15, 0.2) is 5.11 Å². The second-order valence-electron chi connectivity index (χ2n) is 7.93. The lowest BCUT2D eigenvalue weighted by atomic mass is 10.1. The SMILES string of the molecule is Cc1cccc(NC(=S)N(Cc2c[nH]c3ccccc23)C2CCCCCC2)c1. The molecule has 3 nitrogen and oxygen atoms in total. The monoisotopic (exact) mass is 391 g/mol. The molecular weight excluding hydrogens is 362 g/mol. The summed E-state index contributed by atoms with van der Waals surface area (Å²) >= 11 is 5.93. The van der Waals surface area contributed by atoms with Gasteiger partial charge in [0.25, 0.3) is 0 Å². The molecule has 1 aromatic heterocycles. The molecule has 0 radical (unpaired) electrons. The van der Waals surface area contributed by atoms with Gasteiger partial charge in [-0.25, -0.2) is 0 Å². The van der Waals surface area contributed by atoms with Crippen LogP contribution in [0.1, 0.15) is 49.7 Å². The van der Waals surface area contributed by atoms with Gasteiger partial charge in [-0.1, -0.05) is 56.0 Å². The molecule has 1 saturated carbocycles. The molecule has 0 atom stereocenters. The fourth-order valence-corrected chi connectivity index (χ4v) is 4.63. The number of hydrogen-bond donors (Lipinski definition) is 2. The third-order valence-corrected chi connectivity index (χ3v) is 6.15. The molecule has 0 aliphatic heterocycles.